The van der Waals surface area contributed by atoms with Gasteiger partial charge in [-0.15, -0.1) is 0 Å². The summed E-state index contributed by atoms with van der Waals surface area (Å²) >= 11 is 0. The van der Waals surface area contributed by atoms with E-state index in [-0.39, 0.29) is 11.3 Å². The normalized spacial score (nSPS) is 34.1. The first kappa shape index (κ1) is 15.9. The summed E-state index contributed by atoms with van der Waals surface area (Å²) in [6.07, 6.45) is 8.19. The highest BCUT2D eigenvalue weighted by Gasteiger charge is 2.54. The van der Waals surface area contributed by atoms with Crippen LogP contribution in [0.15, 0.2) is 24.3 Å². The van der Waals surface area contributed by atoms with Gasteiger partial charge in [0, 0.05) is 11.4 Å². The zero-order chi connectivity index (χ0) is 16.9. The van der Waals surface area contributed by atoms with Gasteiger partial charge in [-0.05, 0) is 80.5 Å². The highest BCUT2D eigenvalue weighted by molar-refractivity contribution is 7.92. The van der Waals surface area contributed by atoms with E-state index in [1.165, 1.54) is 19.3 Å². The van der Waals surface area contributed by atoms with E-state index in [1.807, 2.05) is 0 Å². The Morgan fingerprint density at radius 1 is 0.958 bits per heavy atom. The molecule has 0 aliphatic heterocycles. The van der Waals surface area contributed by atoms with Crippen LogP contribution in [-0.4, -0.2) is 20.6 Å². The van der Waals surface area contributed by atoms with Crippen LogP contribution in [0.3, 0.4) is 0 Å². The van der Waals surface area contributed by atoms with Crippen molar-refractivity contribution >= 4 is 27.3 Å². The lowest BCUT2D eigenvalue weighted by atomic mass is 9.49. The monoisotopic (exact) mass is 348 g/mol. The van der Waals surface area contributed by atoms with E-state index in [0.717, 1.165) is 49.0 Å². The second kappa shape index (κ2) is 5.48. The Morgan fingerprint density at radius 2 is 1.42 bits per heavy atom. The van der Waals surface area contributed by atoms with E-state index < -0.39 is 10.0 Å². The van der Waals surface area contributed by atoms with Crippen LogP contribution in [0.25, 0.3) is 0 Å². The molecule has 2 N–H and O–H groups in total. The molecule has 1 amide bonds. The summed E-state index contributed by atoms with van der Waals surface area (Å²) in [7, 11) is -3.28. The number of rotatable bonds is 4. The summed E-state index contributed by atoms with van der Waals surface area (Å²) in [5, 5.41) is 3.07. The van der Waals surface area contributed by atoms with Gasteiger partial charge in [0.2, 0.25) is 15.9 Å². The fourth-order valence-corrected chi connectivity index (χ4v) is 6.05. The minimum absolute atomic E-state index is 0.158. The predicted molar refractivity (Wildman–Crippen MR) is 94.1 cm³/mol. The van der Waals surface area contributed by atoms with Crippen LogP contribution < -0.4 is 10.0 Å². The Balaban J connectivity index is 1.46. The molecule has 0 radical (unpaired) electrons. The lowest BCUT2D eigenvalue weighted by Gasteiger charge is -2.55. The highest BCUT2D eigenvalue weighted by atomic mass is 32.2. The first-order valence-electron chi connectivity index (χ1n) is 8.71. The van der Waals surface area contributed by atoms with Gasteiger partial charge in [-0.2, -0.15) is 0 Å². The lowest BCUT2D eigenvalue weighted by Crippen LogP contribution is -2.51. The molecule has 5 rings (SSSR count). The molecule has 4 saturated carbocycles. The number of benzene rings is 1. The van der Waals surface area contributed by atoms with Crippen LogP contribution in [-0.2, 0) is 14.8 Å². The second-order valence-electron chi connectivity index (χ2n) is 8.10. The summed E-state index contributed by atoms with van der Waals surface area (Å²) in [4.78, 5) is 13.0. The molecule has 0 atom stereocenters. The van der Waals surface area contributed by atoms with Gasteiger partial charge in [0.15, 0.2) is 0 Å². The number of carbonyl (C=O) groups is 1. The maximum Gasteiger partial charge on any atom is 0.230 e. The van der Waals surface area contributed by atoms with Gasteiger partial charge in [0.1, 0.15) is 0 Å². The molecule has 5 nitrogen and oxygen atoms in total. The van der Waals surface area contributed by atoms with Crippen LogP contribution in [0.1, 0.15) is 38.5 Å². The average molecular weight is 348 g/mol. The van der Waals surface area contributed by atoms with Gasteiger partial charge in [-0.25, -0.2) is 8.42 Å². The fraction of sp³-hybridized carbons (Fsp3) is 0.611. The Labute approximate surface area is 143 Å². The lowest BCUT2D eigenvalue weighted by molar-refractivity contribution is -0.140. The van der Waals surface area contributed by atoms with Crippen molar-refractivity contribution in [2.24, 2.45) is 23.2 Å². The zero-order valence-electron chi connectivity index (χ0n) is 13.9. The first-order valence-corrected chi connectivity index (χ1v) is 10.6. The van der Waals surface area contributed by atoms with Gasteiger partial charge in [-0.3, -0.25) is 9.52 Å². The van der Waals surface area contributed by atoms with Crippen LogP contribution >= 0.6 is 0 Å². The Kier molecular flexibility index (Phi) is 3.64. The molecule has 4 aliphatic rings. The molecule has 0 saturated heterocycles. The third kappa shape index (κ3) is 3.04. The van der Waals surface area contributed by atoms with E-state index in [0.29, 0.717) is 5.69 Å². The summed E-state index contributed by atoms with van der Waals surface area (Å²) in [6, 6.07) is 6.87. The molecule has 6 heteroatoms. The Morgan fingerprint density at radius 3 is 1.88 bits per heavy atom. The summed E-state index contributed by atoms with van der Waals surface area (Å²) in [6.45, 7) is 0. The minimum Gasteiger partial charge on any atom is -0.326 e. The molecule has 0 spiro atoms. The summed E-state index contributed by atoms with van der Waals surface area (Å²) < 4.78 is 24.9. The first-order chi connectivity index (χ1) is 11.3. The number of hydrogen-bond acceptors (Lipinski definition) is 3. The third-order valence-corrected chi connectivity index (χ3v) is 6.57. The molecule has 24 heavy (non-hydrogen) atoms. The highest BCUT2D eigenvalue weighted by Crippen LogP contribution is 2.60. The van der Waals surface area contributed by atoms with Gasteiger partial charge in [-0.1, -0.05) is 0 Å². The summed E-state index contributed by atoms with van der Waals surface area (Å²) in [5.41, 5.74) is 1.07. The SMILES string of the molecule is CS(=O)(=O)Nc1ccc(NC(=O)C23CC4CC(CC(C4)C2)C3)cc1. The zero-order valence-corrected chi connectivity index (χ0v) is 14.7. The van der Waals surface area contributed by atoms with E-state index in [9.17, 15) is 13.2 Å². The molecule has 1 aromatic carbocycles. The number of anilines is 2. The molecule has 0 heterocycles. The number of nitrogens with one attached hydrogen (secondary N) is 2. The van der Waals surface area contributed by atoms with Gasteiger partial charge < -0.3 is 5.32 Å². The Hall–Kier alpha value is -1.56. The smallest absolute Gasteiger partial charge is 0.230 e. The van der Waals surface area contributed by atoms with Crippen molar-refractivity contribution in [3.63, 3.8) is 0 Å². The third-order valence-electron chi connectivity index (χ3n) is 5.97. The van der Waals surface area contributed by atoms with Gasteiger partial charge >= 0.3 is 0 Å². The van der Waals surface area contributed by atoms with E-state index in [1.54, 1.807) is 24.3 Å². The van der Waals surface area contributed by atoms with Crippen molar-refractivity contribution < 1.29 is 13.2 Å². The van der Waals surface area contributed by atoms with Crippen molar-refractivity contribution in [1.82, 2.24) is 0 Å². The molecule has 1 aromatic rings. The van der Waals surface area contributed by atoms with Crippen LogP contribution in [0.2, 0.25) is 0 Å². The fourth-order valence-electron chi connectivity index (χ4n) is 5.49. The van der Waals surface area contributed by atoms with Crippen molar-refractivity contribution in [2.45, 2.75) is 38.5 Å². The molecular weight excluding hydrogens is 324 g/mol. The van der Waals surface area contributed by atoms with Crippen molar-refractivity contribution in [3.05, 3.63) is 24.3 Å². The Bertz CT molecular complexity index is 720. The van der Waals surface area contributed by atoms with Gasteiger partial charge in [0.05, 0.1) is 11.7 Å². The molecule has 130 valence electrons. The number of hydrogen-bond donors (Lipinski definition) is 2. The van der Waals surface area contributed by atoms with Crippen LogP contribution in [0, 0.1) is 23.2 Å². The van der Waals surface area contributed by atoms with Crippen molar-refractivity contribution in [2.75, 3.05) is 16.3 Å². The van der Waals surface area contributed by atoms with Gasteiger partial charge in [0.25, 0.3) is 0 Å². The van der Waals surface area contributed by atoms with Crippen LogP contribution in [0.5, 0.6) is 0 Å². The second-order valence-corrected chi connectivity index (χ2v) is 9.85. The topological polar surface area (TPSA) is 75.3 Å². The summed E-state index contributed by atoms with van der Waals surface area (Å²) in [5.74, 6) is 2.38. The minimum atomic E-state index is -3.28. The number of amides is 1. The number of carbonyl (C=O) groups excluding carboxylic acids is 1. The maximum atomic E-state index is 13.0. The molecule has 0 aromatic heterocycles. The maximum absolute atomic E-state index is 13.0. The largest absolute Gasteiger partial charge is 0.326 e. The number of sulfonamides is 1. The van der Waals surface area contributed by atoms with E-state index in [4.69, 9.17) is 0 Å². The van der Waals surface area contributed by atoms with Crippen molar-refractivity contribution in [1.29, 1.82) is 0 Å². The molecule has 4 fully saturated rings. The van der Waals surface area contributed by atoms with Crippen molar-refractivity contribution in [3.8, 4) is 0 Å². The molecule has 4 aliphatic carbocycles. The van der Waals surface area contributed by atoms with Crippen LogP contribution in [0.4, 0.5) is 11.4 Å². The molecular formula is C18H24N2O3S. The average Bonchev–Trinajstić information content (AvgIpc) is 2.46. The standard InChI is InChI=1S/C18H24N2O3S/c1-24(22,23)20-16-4-2-15(3-5-16)19-17(21)18-9-12-6-13(10-18)8-14(7-12)11-18/h2-5,12-14,20H,6-11H2,1H3,(H,19,21). The predicted octanol–water partition coefficient (Wildman–Crippen LogP) is 3.21. The quantitative estimate of drug-likeness (QED) is 0.877. The molecule has 0 unspecified atom stereocenters. The van der Waals surface area contributed by atoms with E-state index in [2.05, 4.69) is 10.0 Å². The van der Waals surface area contributed by atoms with E-state index >= 15 is 0 Å². The molecule has 4 bridgehead atoms.